The first-order valence-corrected chi connectivity index (χ1v) is 9.68. The maximum atomic E-state index is 12.2. The van der Waals surface area contributed by atoms with Crippen molar-refractivity contribution in [2.45, 2.75) is 18.7 Å². The maximum absolute atomic E-state index is 12.2. The van der Waals surface area contributed by atoms with Gasteiger partial charge in [0.25, 0.3) is 0 Å². The summed E-state index contributed by atoms with van der Waals surface area (Å²) in [5, 5.41) is 11.8. The molecule has 2 aromatic carbocycles. The molecule has 0 aliphatic rings. The highest BCUT2D eigenvalue weighted by Crippen LogP contribution is 2.20. The lowest BCUT2D eigenvalue weighted by Gasteiger charge is -2.08. The first-order chi connectivity index (χ1) is 13.5. The summed E-state index contributed by atoms with van der Waals surface area (Å²) in [5.74, 6) is 2.33. The highest BCUT2D eigenvalue weighted by molar-refractivity contribution is 7.99. The molecule has 1 N–H and O–H groups in total. The van der Waals surface area contributed by atoms with Crippen LogP contribution in [0.3, 0.4) is 0 Å². The average Bonchev–Trinajstić information content (AvgIpc) is 3.05. The number of hydrogen-bond acceptors (Lipinski definition) is 6. The molecular formula is C20H22N4O3S. The smallest absolute Gasteiger partial charge is 0.234 e. The third-order valence-corrected chi connectivity index (χ3v) is 5.01. The van der Waals surface area contributed by atoms with Crippen molar-refractivity contribution >= 4 is 23.4 Å². The summed E-state index contributed by atoms with van der Waals surface area (Å²) in [7, 11) is 3.48. The Hall–Kier alpha value is -3.00. The summed E-state index contributed by atoms with van der Waals surface area (Å²) in [5.41, 5.74) is 1.89. The number of hydrogen-bond donors (Lipinski definition) is 1. The first kappa shape index (κ1) is 19.8. The van der Waals surface area contributed by atoms with Crippen LogP contribution in [0.25, 0.3) is 0 Å². The summed E-state index contributed by atoms with van der Waals surface area (Å²) >= 11 is 1.33. The van der Waals surface area contributed by atoms with Crippen LogP contribution in [-0.2, 0) is 18.4 Å². The third-order valence-electron chi connectivity index (χ3n) is 3.99. The van der Waals surface area contributed by atoms with Crippen molar-refractivity contribution in [3.05, 3.63) is 59.9 Å². The van der Waals surface area contributed by atoms with E-state index in [1.807, 2.05) is 67.1 Å². The molecule has 28 heavy (non-hydrogen) atoms. The van der Waals surface area contributed by atoms with E-state index < -0.39 is 0 Å². The molecule has 0 aliphatic heterocycles. The molecule has 1 aromatic heterocycles. The molecule has 0 fully saturated rings. The van der Waals surface area contributed by atoms with E-state index in [4.69, 9.17) is 9.47 Å². The second kappa shape index (κ2) is 9.27. The summed E-state index contributed by atoms with van der Waals surface area (Å²) in [4.78, 5) is 12.2. The van der Waals surface area contributed by atoms with Gasteiger partial charge < -0.3 is 19.4 Å². The number of thioether (sulfide) groups is 1. The predicted molar refractivity (Wildman–Crippen MR) is 109 cm³/mol. The number of benzene rings is 2. The number of amides is 1. The molecule has 0 radical (unpaired) electrons. The summed E-state index contributed by atoms with van der Waals surface area (Å²) in [6.07, 6.45) is 0. The number of methoxy groups -OCH3 is 1. The van der Waals surface area contributed by atoms with Gasteiger partial charge in [0.15, 0.2) is 11.0 Å². The zero-order chi connectivity index (χ0) is 19.9. The maximum Gasteiger partial charge on any atom is 0.234 e. The van der Waals surface area contributed by atoms with Gasteiger partial charge in [0, 0.05) is 12.7 Å². The number of rotatable bonds is 8. The Morgan fingerprint density at radius 1 is 1.14 bits per heavy atom. The highest BCUT2D eigenvalue weighted by Gasteiger charge is 2.12. The molecule has 3 aromatic rings. The van der Waals surface area contributed by atoms with Crippen molar-refractivity contribution in [2.24, 2.45) is 7.05 Å². The summed E-state index contributed by atoms with van der Waals surface area (Å²) in [6, 6.07) is 15.0. The van der Waals surface area contributed by atoms with Gasteiger partial charge in [-0.05, 0) is 48.9 Å². The molecule has 0 saturated heterocycles. The Kier molecular flexibility index (Phi) is 6.54. The topological polar surface area (TPSA) is 78.3 Å². The van der Waals surface area contributed by atoms with Gasteiger partial charge in [-0.2, -0.15) is 0 Å². The van der Waals surface area contributed by atoms with E-state index in [1.54, 1.807) is 7.11 Å². The molecule has 0 aliphatic carbocycles. The molecule has 0 saturated carbocycles. The molecular weight excluding hydrogens is 376 g/mol. The normalized spacial score (nSPS) is 10.5. The van der Waals surface area contributed by atoms with E-state index in [-0.39, 0.29) is 18.3 Å². The Morgan fingerprint density at radius 2 is 1.89 bits per heavy atom. The number of aromatic nitrogens is 3. The van der Waals surface area contributed by atoms with E-state index in [0.717, 1.165) is 22.7 Å². The van der Waals surface area contributed by atoms with Crippen molar-refractivity contribution in [1.82, 2.24) is 14.8 Å². The van der Waals surface area contributed by atoms with Gasteiger partial charge in [-0.25, -0.2) is 0 Å². The fourth-order valence-corrected chi connectivity index (χ4v) is 3.20. The van der Waals surface area contributed by atoms with E-state index in [2.05, 4.69) is 15.5 Å². The van der Waals surface area contributed by atoms with Gasteiger partial charge >= 0.3 is 0 Å². The Labute approximate surface area is 168 Å². The minimum atomic E-state index is -0.0883. The van der Waals surface area contributed by atoms with Crippen LogP contribution < -0.4 is 14.8 Å². The number of ether oxygens (including phenoxy) is 2. The van der Waals surface area contributed by atoms with Crippen molar-refractivity contribution in [2.75, 3.05) is 18.2 Å². The molecule has 0 spiro atoms. The summed E-state index contributed by atoms with van der Waals surface area (Å²) in [6.45, 7) is 2.27. The second-order valence-corrected chi connectivity index (χ2v) is 7.07. The van der Waals surface area contributed by atoms with Crippen molar-refractivity contribution in [1.29, 1.82) is 0 Å². The summed E-state index contributed by atoms with van der Waals surface area (Å²) < 4.78 is 12.7. The quantitative estimate of drug-likeness (QED) is 0.586. The molecule has 1 amide bonds. The molecule has 8 heteroatoms. The second-order valence-electron chi connectivity index (χ2n) is 6.13. The fraction of sp³-hybridized carbons (Fsp3) is 0.250. The van der Waals surface area contributed by atoms with Crippen LogP contribution in [0.1, 0.15) is 11.4 Å². The number of carbonyl (C=O) groups excluding carboxylic acids is 1. The molecule has 146 valence electrons. The van der Waals surface area contributed by atoms with Gasteiger partial charge in [0.05, 0.1) is 12.9 Å². The Morgan fingerprint density at radius 3 is 2.61 bits per heavy atom. The van der Waals surface area contributed by atoms with Crippen LogP contribution in [-0.4, -0.2) is 33.5 Å². The van der Waals surface area contributed by atoms with E-state index in [9.17, 15) is 4.79 Å². The van der Waals surface area contributed by atoms with Crippen LogP contribution in [0, 0.1) is 6.92 Å². The number of carbonyl (C=O) groups is 1. The zero-order valence-electron chi connectivity index (χ0n) is 16.0. The molecule has 1 heterocycles. The van der Waals surface area contributed by atoms with Gasteiger partial charge in [0.1, 0.15) is 18.1 Å². The van der Waals surface area contributed by atoms with Crippen LogP contribution in [0.2, 0.25) is 0 Å². The first-order valence-electron chi connectivity index (χ1n) is 8.69. The molecule has 0 bridgehead atoms. The van der Waals surface area contributed by atoms with Gasteiger partial charge in [-0.15, -0.1) is 10.2 Å². The van der Waals surface area contributed by atoms with Crippen LogP contribution in [0.4, 0.5) is 5.69 Å². The van der Waals surface area contributed by atoms with Gasteiger partial charge in [0.2, 0.25) is 5.91 Å². The molecule has 0 unspecified atom stereocenters. The monoisotopic (exact) mass is 398 g/mol. The minimum absolute atomic E-state index is 0.0883. The SMILES string of the molecule is COc1ccc(OCc2nnc(SCC(=O)Nc3cccc(C)c3)n2C)cc1. The number of anilines is 1. The largest absolute Gasteiger partial charge is 0.497 e. The van der Waals surface area contributed by atoms with Crippen molar-refractivity contribution in [3.63, 3.8) is 0 Å². The van der Waals surface area contributed by atoms with E-state index >= 15 is 0 Å². The van der Waals surface area contributed by atoms with E-state index in [0.29, 0.717) is 11.0 Å². The number of nitrogens with one attached hydrogen (secondary N) is 1. The molecule has 0 atom stereocenters. The van der Waals surface area contributed by atoms with Gasteiger partial charge in [-0.3, -0.25) is 4.79 Å². The Bertz CT molecular complexity index is 941. The fourth-order valence-electron chi connectivity index (χ4n) is 2.47. The van der Waals surface area contributed by atoms with E-state index in [1.165, 1.54) is 11.8 Å². The lowest BCUT2D eigenvalue weighted by molar-refractivity contribution is -0.113. The standard InChI is InChI=1S/C20H22N4O3S/c1-14-5-4-6-15(11-14)21-19(25)13-28-20-23-22-18(24(20)2)12-27-17-9-7-16(26-3)8-10-17/h4-11H,12-13H2,1-3H3,(H,21,25). The molecule has 3 rings (SSSR count). The van der Waals surface area contributed by atoms with Crippen LogP contribution in [0.15, 0.2) is 53.7 Å². The minimum Gasteiger partial charge on any atom is -0.497 e. The lowest BCUT2D eigenvalue weighted by Crippen LogP contribution is -2.14. The molecule has 7 nitrogen and oxygen atoms in total. The van der Waals surface area contributed by atoms with Crippen LogP contribution >= 0.6 is 11.8 Å². The average molecular weight is 398 g/mol. The lowest BCUT2D eigenvalue weighted by atomic mass is 10.2. The van der Waals surface area contributed by atoms with Crippen molar-refractivity contribution < 1.29 is 14.3 Å². The van der Waals surface area contributed by atoms with Crippen LogP contribution in [0.5, 0.6) is 11.5 Å². The Balaban J connectivity index is 1.51. The van der Waals surface area contributed by atoms with Crippen molar-refractivity contribution in [3.8, 4) is 11.5 Å². The van der Waals surface area contributed by atoms with Gasteiger partial charge in [-0.1, -0.05) is 23.9 Å². The third kappa shape index (κ3) is 5.26. The number of nitrogens with zero attached hydrogens (tertiary/aromatic N) is 3. The highest BCUT2D eigenvalue weighted by atomic mass is 32.2. The zero-order valence-corrected chi connectivity index (χ0v) is 16.8. The predicted octanol–water partition coefficient (Wildman–Crippen LogP) is 3.44. The number of aryl methyl sites for hydroxylation is 1.